The van der Waals surface area contributed by atoms with Gasteiger partial charge in [-0.15, -0.1) is 23.1 Å². The molecule has 1 aliphatic heterocycles. The van der Waals surface area contributed by atoms with E-state index < -0.39 is 0 Å². The van der Waals surface area contributed by atoms with Gasteiger partial charge in [0.05, 0.1) is 17.5 Å². The minimum atomic E-state index is -0.0809. The van der Waals surface area contributed by atoms with E-state index in [1.54, 1.807) is 12.3 Å². The molecule has 1 aromatic carbocycles. The van der Waals surface area contributed by atoms with Crippen molar-refractivity contribution in [3.05, 3.63) is 69.6 Å². The lowest BCUT2D eigenvalue weighted by Gasteiger charge is -2.35. The van der Waals surface area contributed by atoms with Crippen LogP contribution in [-0.4, -0.2) is 70.6 Å². The van der Waals surface area contributed by atoms with Crippen molar-refractivity contribution >= 4 is 34.0 Å². The molecule has 1 fully saturated rings. The van der Waals surface area contributed by atoms with Crippen molar-refractivity contribution in [2.75, 3.05) is 45.5 Å². The number of hydrogen-bond donors (Lipinski definition) is 1. The monoisotopic (exact) mass is 457 g/mol. The standard InChI is InChI=1S/C22H27N5O2S2/c1-25-7-9-26(10-8-25)14-19(17-5-3-2-4-6-17)24-20(28)16-30-15-18-13-21(29)27-11-12-31-22(27)23-18/h2-6,11-13,19H,7-10,14-16H2,1H3,(H,24,28). The summed E-state index contributed by atoms with van der Waals surface area (Å²) in [5.41, 5.74) is 1.75. The number of benzene rings is 1. The Kier molecular flexibility index (Phi) is 7.39. The van der Waals surface area contributed by atoms with Gasteiger partial charge in [-0.25, -0.2) is 4.98 Å². The second-order valence-electron chi connectivity index (χ2n) is 7.77. The molecule has 1 aliphatic rings. The number of likely N-dealkylation sites (N-methyl/N-ethyl adjacent to an activating group) is 1. The van der Waals surface area contributed by atoms with Gasteiger partial charge >= 0.3 is 0 Å². The fraction of sp³-hybridized carbons (Fsp3) is 0.409. The maximum atomic E-state index is 12.7. The van der Waals surface area contributed by atoms with E-state index in [9.17, 15) is 9.59 Å². The second-order valence-corrected chi connectivity index (χ2v) is 9.63. The van der Waals surface area contributed by atoms with Crippen LogP contribution in [0.25, 0.3) is 4.96 Å². The number of nitrogens with zero attached hydrogens (tertiary/aromatic N) is 4. The Balaban J connectivity index is 1.33. The maximum absolute atomic E-state index is 12.7. The molecule has 4 rings (SSSR count). The molecular formula is C22H27N5O2S2. The SMILES string of the molecule is CN1CCN(CC(NC(=O)CSCc2cc(=O)n3ccsc3n2)c2ccccc2)CC1. The Morgan fingerprint density at radius 1 is 1.23 bits per heavy atom. The molecule has 0 bridgehead atoms. The molecule has 1 atom stereocenters. The van der Waals surface area contributed by atoms with E-state index in [-0.39, 0.29) is 17.5 Å². The third-order valence-electron chi connectivity index (χ3n) is 5.41. The van der Waals surface area contributed by atoms with Gasteiger partial charge in [0, 0.05) is 56.1 Å². The number of amides is 1. The van der Waals surface area contributed by atoms with Gasteiger partial charge in [-0.1, -0.05) is 30.3 Å². The molecular weight excluding hydrogens is 430 g/mol. The highest BCUT2D eigenvalue weighted by Crippen LogP contribution is 2.17. The summed E-state index contributed by atoms with van der Waals surface area (Å²) in [4.78, 5) is 34.7. The molecule has 3 heterocycles. The molecule has 1 saturated heterocycles. The van der Waals surface area contributed by atoms with Gasteiger partial charge in [-0.2, -0.15) is 0 Å². The zero-order valence-corrected chi connectivity index (χ0v) is 19.2. The predicted octanol–water partition coefficient (Wildman–Crippen LogP) is 2.09. The first kappa shape index (κ1) is 22.0. The van der Waals surface area contributed by atoms with Gasteiger partial charge < -0.3 is 10.2 Å². The van der Waals surface area contributed by atoms with Gasteiger partial charge in [-0.3, -0.25) is 18.9 Å². The van der Waals surface area contributed by atoms with E-state index in [0.29, 0.717) is 22.2 Å². The molecule has 0 radical (unpaired) electrons. The van der Waals surface area contributed by atoms with Crippen LogP contribution in [0.5, 0.6) is 0 Å². The van der Waals surface area contributed by atoms with Gasteiger partial charge in [0.1, 0.15) is 0 Å². The molecule has 1 amide bonds. The van der Waals surface area contributed by atoms with Crippen LogP contribution in [0.1, 0.15) is 17.3 Å². The molecule has 3 aromatic rings. The van der Waals surface area contributed by atoms with E-state index >= 15 is 0 Å². The average molecular weight is 458 g/mol. The molecule has 9 heteroatoms. The summed E-state index contributed by atoms with van der Waals surface area (Å²) in [5.74, 6) is 0.866. The number of nitrogens with one attached hydrogen (secondary N) is 1. The van der Waals surface area contributed by atoms with Crippen molar-refractivity contribution in [3.8, 4) is 0 Å². The van der Waals surface area contributed by atoms with Crippen LogP contribution < -0.4 is 10.9 Å². The van der Waals surface area contributed by atoms with Crippen LogP contribution in [0.3, 0.4) is 0 Å². The topological polar surface area (TPSA) is 70.0 Å². The van der Waals surface area contributed by atoms with Crippen molar-refractivity contribution in [1.82, 2.24) is 24.5 Å². The Bertz CT molecular complexity index is 1060. The smallest absolute Gasteiger partial charge is 0.258 e. The predicted molar refractivity (Wildman–Crippen MR) is 127 cm³/mol. The van der Waals surface area contributed by atoms with Crippen LogP contribution in [0.4, 0.5) is 0 Å². The van der Waals surface area contributed by atoms with Gasteiger partial charge in [0.2, 0.25) is 5.91 Å². The normalized spacial score (nSPS) is 16.4. The summed E-state index contributed by atoms with van der Waals surface area (Å²) in [7, 11) is 2.14. The van der Waals surface area contributed by atoms with E-state index in [1.165, 1.54) is 27.5 Å². The quantitative estimate of drug-likeness (QED) is 0.559. The highest BCUT2D eigenvalue weighted by Gasteiger charge is 2.21. The summed E-state index contributed by atoms with van der Waals surface area (Å²) < 4.78 is 1.54. The molecule has 0 spiro atoms. The molecule has 1 unspecified atom stereocenters. The minimum absolute atomic E-state index is 0.00176. The van der Waals surface area contributed by atoms with Crippen LogP contribution in [0, 0.1) is 0 Å². The molecule has 2 aromatic heterocycles. The summed E-state index contributed by atoms with van der Waals surface area (Å²) in [6, 6.07) is 11.7. The van der Waals surface area contributed by atoms with E-state index in [4.69, 9.17) is 0 Å². The van der Waals surface area contributed by atoms with Gasteiger partial charge in [0.25, 0.3) is 5.56 Å². The molecule has 1 N–H and O–H groups in total. The first-order chi connectivity index (χ1) is 15.1. The van der Waals surface area contributed by atoms with Crippen molar-refractivity contribution in [1.29, 1.82) is 0 Å². The van der Waals surface area contributed by atoms with Crippen molar-refractivity contribution in [3.63, 3.8) is 0 Å². The van der Waals surface area contributed by atoms with Crippen LogP contribution in [0.2, 0.25) is 0 Å². The third-order valence-corrected chi connectivity index (χ3v) is 7.14. The summed E-state index contributed by atoms with van der Waals surface area (Å²) in [6.07, 6.45) is 1.73. The summed E-state index contributed by atoms with van der Waals surface area (Å²) in [6.45, 7) is 4.93. The molecule has 0 saturated carbocycles. The van der Waals surface area contributed by atoms with E-state index in [1.807, 2.05) is 23.6 Å². The van der Waals surface area contributed by atoms with Crippen LogP contribution >= 0.6 is 23.1 Å². The highest BCUT2D eigenvalue weighted by molar-refractivity contribution is 7.99. The fourth-order valence-corrected chi connectivity index (χ4v) is 5.12. The number of thioether (sulfide) groups is 1. The second kappa shape index (κ2) is 10.4. The zero-order valence-electron chi connectivity index (χ0n) is 17.6. The number of fused-ring (bicyclic) bond motifs is 1. The number of aromatic nitrogens is 2. The van der Waals surface area contributed by atoms with E-state index in [0.717, 1.165) is 38.3 Å². The molecule has 0 aliphatic carbocycles. The minimum Gasteiger partial charge on any atom is -0.347 e. The molecule has 164 valence electrons. The number of rotatable bonds is 8. The first-order valence-electron chi connectivity index (χ1n) is 10.4. The lowest BCUT2D eigenvalue weighted by atomic mass is 10.1. The average Bonchev–Trinajstić information content (AvgIpc) is 3.25. The molecule has 31 heavy (non-hydrogen) atoms. The first-order valence-corrected chi connectivity index (χ1v) is 12.4. The third kappa shape index (κ3) is 5.94. The Labute approximate surface area is 190 Å². The van der Waals surface area contributed by atoms with Crippen LogP contribution in [0.15, 0.2) is 52.8 Å². The molecule has 7 nitrogen and oxygen atoms in total. The fourth-order valence-electron chi connectivity index (χ4n) is 3.65. The lowest BCUT2D eigenvalue weighted by molar-refractivity contribution is -0.119. The zero-order chi connectivity index (χ0) is 21.6. The Morgan fingerprint density at radius 3 is 2.77 bits per heavy atom. The summed E-state index contributed by atoms with van der Waals surface area (Å²) >= 11 is 2.91. The lowest BCUT2D eigenvalue weighted by Crippen LogP contribution is -2.48. The van der Waals surface area contributed by atoms with Crippen LogP contribution in [-0.2, 0) is 10.5 Å². The maximum Gasteiger partial charge on any atom is 0.258 e. The highest BCUT2D eigenvalue weighted by atomic mass is 32.2. The van der Waals surface area contributed by atoms with Crippen molar-refractivity contribution < 1.29 is 4.79 Å². The number of carbonyl (C=O) groups is 1. The van der Waals surface area contributed by atoms with E-state index in [2.05, 4.69) is 39.3 Å². The van der Waals surface area contributed by atoms with Crippen molar-refractivity contribution in [2.24, 2.45) is 0 Å². The number of hydrogen-bond acceptors (Lipinski definition) is 7. The van der Waals surface area contributed by atoms with Gasteiger partial charge in [-0.05, 0) is 12.6 Å². The van der Waals surface area contributed by atoms with Crippen molar-refractivity contribution in [2.45, 2.75) is 11.8 Å². The largest absolute Gasteiger partial charge is 0.347 e. The number of thiazole rings is 1. The Hall–Kier alpha value is -2.20. The number of carbonyl (C=O) groups excluding carboxylic acids is 1. The Morgan fingerprint density at radius 2 is 2.00 bits per heavy atom. The summed E-state index contributed by atoms with van der Waals surface area (Å²) in [5, 5.41) is 5.06. The van der Waals surface area contributed by atoms with Gasteiger partial charge in [0.15, 0.2) is 4.96 Å². The number of piperazine rings is 1.